The van der Waals surface area contributed by atoms with Crippen LogP contribution in [0.25, 0.3) is 0 Å². The van der Waals surface area contributed by atoms with Gasteiger partial charge in [-0.2, -0.15) is 0 Å². The van der Waals surface area contributed by atoms with Crippen molar-refractivity contribution in [2.24, 2.45) is 9.98 Å². The van der Waals surface area contributed by atoms with Crippen molar-refractivity contribution in [3.63, 3.8) is 0 Å². The van der Waals surface area contributed by atoms with Crippen molar-refractivity contribution in [2.75, 3.05) is 33.7 Å². The van der Waals surface area contributed by atoms with E-state index in [0.29, 0.717) is 0 Å². The van der Waals surface area contributed by atoms with E-state index in [1.807, 2.05) is 6.92 Å². The van der Waals surface area contributed by atoms with Crippen molar-refractivity contribution >= 4 is 18.5 Å². The fourth-order valence-electron chi connectivity index (χ4n) is 1.17. The average molecular weight is 255 g/mol. The van der Waals surface area contributed by atoms with Crippen molar-refractivity contribution in [1.82, 2.24) is 15.5 Å². The van der Waals surface area contributed by atoms with Gasteiger partial charge in [-0.15, -0.1) is 0 Å². The van der Waals surface area contributed by atoms with Crippen molar-refractivity contribution < 1.29 is 4.79 Å². The molecule has 1 atom stereocenters. The Hall–Kier alpha value is -1.27. The molecule has 2 N–H and O–H groups in total. The number of carbonyl (C=O) groups excluding carboxylic acids is 1. The first-order valence-corrected chi connectivity index (χ1v) is 6.28. The van der Waals surface area contributed by atoms with E-state index in [-0.39, 0.29) is 12.1 Å². The quantitative estimate of drug-likeness (QED) is 0.349. The van der Waals surface area contributed by atoms with Gasteiger partial charge < -0.3 is 10.2 Å². The molecule has 0 rings (SSSR count). The van der Waals surface area contributed by atoms with Crippen LogP contribution >= 0.6 is 0 Å². The molecule has 0 aromatic rings. The highest BCUT2D eigenvalue weighted by atomic mass is 16.1. The van der Waals surface area contributed by atoms with Crippen LogP contribution in [0.5, 0.6) is 0 Å². The predicted molar refractivity (Wildman–Crippen MR) is 76.3 cm³/mol. The molecule has 1 unspecified atom stereocenters. The summed E-state index contributed by atoms with van der Waals surface area (Å²) in [4.78, 5) is 21.0. The van der Waals surface area contributed by atoms with Crippen LogP contribution in [0.1, 0.15) is 20.3 Å². The molecule has 0 bridgehead atoms. The molecule has 0 saturated heterocycles. The molecule has 0 radical (unpaired) electrons. The molecule has 18 heavy (non-hydrogen) atoms. The fourth-order valence-corrected chi connectivity index (χ4v) is 1.17. The Kier molecular flexibility index (Phi) is 10.1. The van der Waals surface area contributed by atoms with Crippen LogP contribution in [-0.4, -0.2) is 63.3 Å². The zero-order chi connectivity index (χ0) is 13.8. The molecule has 1 amide bonds. The molecule has 0 aliphatic carbocycles. The third-order valence-corrected chi connectivity index (χ3v) is 2.49. The second-order valence-corrected chi connectivity index (χ2v) is 4.04. The number of amides is 1. The van der Waals surface area contributed by atoms with Gasteiger partial charge in [0.15, 0.2) is 0 Å². The Morgan fingerprint density at radius 2 is 2.22 bits per heavy atom. The SMILES string of the molecule is CCN(C)CCCNC(C)N=CN=CC(=O)NC. The minimum absolute atomic E-state index is 0.0128. The van der Waals surface area contributed by atoms with E-state index in [1.165, 1.54) is 12.6 Å². The lowest BCUT2D eigenvalue weighted by Crippen LogP contribution is -2.28. The summed E-state index contributed by atoms with van der Waals surface area (Å²) in [5.74, 6) is -0.232. The first-order valence-electron chi connectivity index (χ1n) is 6.28. The van der Waals surface area contributed by atoms with Gasteiger partial charge in [-0.25, -0.2) is 4.99 Å². The largest absolute Gasteiger partial charge is 0.354 e. The molecular formula is C12H25N5O. The number of hydrogen-bond acceptors (Lipinski definition) is 4. The third kappa shape index (κ3) is 9.92. The summed E-state index contributed by atoms with van der Waals surface area (Å²) in [5.41, 5.74) is 0. The number of aliphatic imine (C=N–C) groups is 2. The Morgan fingerprint density at radius 1 is 1.50 bits per heavy atom. The summed E-state index contributed by atoms with van der Waals surface area (Å²) < 4.78 is 0. The van der Waals surface area contributed by atoms with Crippen LogP contribution in [-0.2, 0) is 4.79 Å². The zero-order valence-corrected chi connectivity index (χ0v) is 11.8. The lowest BCUT2D eigenvalue weighted by atomic mass is 10.4. The normalized spacial score (nSPS) is 13.6. The Balaban J connectivity index is 3.64. The average Bonchev–Trinajstić information content (AvgIpc) is 2.38. The standard InChI is InChI=1S/C12H25N5O/c1-5-17(4)8-6-7-15-11(2)16-10-14-9-12(18)13-3/h9-11,15H,5-8H2,1-4H3,(H,13,18). The summed E-state index contributed by atoms with van der Waals surface area (Å²) in [6, 6.07) is 0. The van der Waals surface area contributed by atoms with Crippen LogP contribution in [0.2, 0.25) is 0 Å². The maximum absolute atomic E-state index is 10.8. The summed E-state index contributed by atoms with van der Waals surface area (Å²) in [6.45, 7) is 7.17. The summed E-state index contributed by atoms with van der Waals surface area (Å²) in [6.07, 6.45) is 3.70. The monoisotopic (exact) mass is 255 g/mol. The lowest BCUT2D eigenvalue weighted by Gasteiger charge is -2.14. The van der Waals surface area contributed by atoms with Gasteiger partial charge in [-0.3, -0.25) is 15.1 Å². The highest BCUT2D eigenvalue weighted by molar-refractivity contribution is 6.27. The molecule has 6 nitrogen and oxygen atoms in total. The summed E-state index contributed by atoms with van der Waals surface area (Å²) in [7, 11) is 3.66. The molecule has 0 fully saturated rings. The van der Waals surface area contributed by atoms with Gasteiger partial charge in [0, 0.05) is 7.05 Å². The molecule has 0 aliphatic heterocycles. The van der Waals surface area contributed by atoms with Crippen molar-refractivity contribution in [1.29, 1.82) is 0 Å². The highest BCUT2D eigenvalue weighted by Gasteiger charge is 1.97. The van der Waals surface area contributed by atoms with E-state index < -0.39 is 0 Å². The maximum atomic E-state index is 10.8. The van der Waals surface area contributed by atoms with Crippen LogP contribution < -0.4 is 10.6 Å². The first kappa shape index (κ1) is 16.7. The van der Waals surface area contributed by atoms with Crippen molar-refractivity contribution in [2.45, 2.75) is 26.4 Å². The second kappa shape index (κ2) is 10.9. The molecule has 6 heteroatoms. The second-order valence-electron chi connectivity index (χ2n) is 4.04. The fraction of sp³-hybridized carbons (Fsp3) is 0.750. The number of hydrogen-bond donors (Lipinski definition) is 2. The van der Waals surface area contributed by atoms with E-state index in [0.717, 1.165) is 26.1 Å². The van der Waals surface area contributed by atoms with Crippen LogP contribution in [0, 0.1) is 0 Å². The molecular weight excluding hydrogens is 230 g/mol. The summed E-state index contributed by atoms with van der Waals surface area (Å²) >= 11 is 0. The Labute approximate surface area is 110 Å². The molecule has 104 valence electrons. The first-order chi connectivity index (χ1) is 8.60. The smallest absolute Gasteiger partial charge is 0.262 e. The van der Waals surface area contributed by atoms with Gasteiger partial charge in [0.2, 0.25) is 0 Å². The number of nitrogens with zero attached hydrogens (tertiary/aromatic N) is 3. The maximum Gasteiger partial charge on any atom is 0.262 e. The van der Waals surface area contributed by atoms with E-state index >= 15 is 0 Å². The van der Waals surface area contributed by atoms with Crippen LogP contribution in [0.3, 0.4) is 0 Å². The molecule has 0 spiro atoms. The van der Waals surface area contributed by atoms with Gasteiger partial charge in [-0.1, -0.05) is 6.92 Å². The zero-order valence-electron chi connectivity index (χ0n) is 11.8. The van der Waals surface area contributed by atoms with Gasteiger partial charge >= 0.3 is 0 Å². The van der Waals surface area contributed by atoms with Gasteiger partial charge in [-0.05, 0) is 40.0 Å². The number of carbonyl (C=O) groups is 1. The highest BCUT2D eigenvalue weighted by Crippen LogP contribution is 1.87. The Bertz CT molecular complexity index is 278. The molecule has 0 saturated carbocycles. The van der Waals surface area contributed by atoms with E-state index in [9.17, 15) is 4.79 Å². The summed E-state index contributed by atoms with van der Waals surface area (Å²) in [5, 5.41) is 5.71. The molecule has 0 heterocycles. The van der Waals surface area contributed by atoms with E-state index in [1.54, 1.807) is 7.05 Å². The lowest BCUT2D eigenvalue weighted by molar-refractivity contribution is -0.113. The molecule has 0 aromatic heterocycles. The topological polar surface area (TPSA) is 69.1 Å². The molecule has 0 aliphatic rings. The van der Waals surface area contributed by atoms with Gasteiger partial charge in [0.1, 0.15) is 6.34 Å². The van der Waals surface area contributed by atoms with Gasteiger partial charge in [0.05, 0.1) is 12.4 Å². The molecule has 0 aromatic carbocycles. The minimum Gasteiger partial charge on any atom is -0.354 e. The number of rotatable bonds is 9. The van der Waals surface area contributed by atoms with Crippen molar-refractivity contribution in [3.8, 4) is 0 Å². The Morgan fingerprint density at radius 3 is 2.83 bits per heavy atom. The van der Waals surface area contributed by atoms with E-state index in [2.05, 4.69) is 39.5 Å². The van der Waals surface area contributed by atoms with Crippen molar-refractivity contribution in [3.05, 3.63) is 0 Å². The minimum atomic E-state index is -0.232. The number of nitrogens with one attached hydrogen (secondary N) is 2. The van der Waals surface area contributed by atoms with Crippen LogP contribution in [0.4, 0.5) is 0 Å². The van der Waals surface area contributed by atoms with E-state index in [4.69, 9.17) is 0 Å². The van der Waals surface area contributed by atoms with Gasteiger partial charge in [0.25, 0.3) is 5.91 Å². The third-order valence-electron chi connectivity index (χ3n) is 2.49. The predicted octanol–water partition coefficient (Wildman–Crippen LogP) is 0.109. The van der Waals surface area contributed by atoms with Crippen LogP contribution in [0.15, 0.2) is 9.98 Å².